The van der Waals surface area contributed by atoms with E-state index in [1.165, 1.54) is 4.88 Å². The molecule has 96 valence electrons. The third-order valence-corrected chi connectivity index (χ3v) is 4.60. The lowest BCUT2D eigenvalue weighted by atomic mass is 10.2. The summed E-state index contributed by atoms with van der Waals surface area (Å²) < 4.78 is 0. The van der Waals surface area contributed by atoms with Gasteiger partial charge in [0.25, 0.3) is 0 Å². The zero-order chi connectivity index (χ0) is 13.1. The van der Waals surface area contributed by atoms with Gasteiger partial charge in [0.15, 0.2) is 0 Å². The Morgan fingerprint density at radius 1 is 1.33 bits per heavy atom. The average molecular weight is 301 g/mol. The van der Waals surface area contributed by atoms with Crippen LogP contribution in [-0.4, -0.2) is 11.5 Å². The van der Waals surface area contributed by atoms with Crippen LogP contribution in [0.15, 0.2) is 24.4 Å². The summed E-state index contributed by atoms with van der Waals surface area (Å²) in [5.41, 5.74) is 1.00. The van der Waals surface area contributed by atoms with Gasteiger partial charge in [0, 0.05) is 22.7 Å². The van der Waals surface area contributed by atoms with Gasteiger partial charge < -0.3 is 5.32 Å². The molecule has 0 radical (unpaired) electrons. The molecule has 0 amide bonds. The minimum atomic E-state index is 0.323. The zero-order valence-electron chi connectivity index (χ0n) is 10.2. The van der Waals surface area contributed by atoms with E-state index in [4.69, 9.17) is 23.2 Å². The predicted octanol–water partition coefficient (Wildman–Crippen LogP) is 4.79. The summed E-state index contributed by atoms with van der Waals surface area (Å²) in [6.07, 6.45) is 1.91. The average Bonchev–Trinajstić information content (AvgIpc) is 2.82. The molecule has 18 heavy (non-hydrogen) atoms. The van der Waals surface area contributed by atoms with E-state index in [9.17, 15) is 0 Å². The summed E-state index contributed by atoms with van der Waals surface area (Å²) in [5.74, 6) is 0. The first-order valence-electron chi connectivity index (χ1n) is 5.76. The van der Waals surface area contributed by atoms with Crippen LogP contribution in [0.3, 0.4) is 0 Å². The molecule has 1 aromatic carbocycles. The lowest BCUT2D eigenvalue weighted by Crippen LogP contribution is -2.16. The molecule has 1 heterocycles. The molecular weight excluding hydrogens is 287 g/mol. The Morgan fingerprint density at radius 3 is 2.78 bits per heavy atom. The van der Waals surface area contributed by atoms with E-state index in [0.717, 1.165) is 17.1 Å². The van der Waals surface area contributed by atoms with E-state index < -0.39 is 0 Å². The van der Waals surface area contributed by atoms with Crippen molar-refractivity contribution in [3.63, 3.8) is 0 Å². The molecule has 1 atom stereocenters. The monoisotopic (exact) mass is 300 g/mol. The maximum atomic E-state index is 6.02. The van der Waals surface area contributed by atoms with Crippen LogP contribution < -0.4 is 5.32 Å². The Labute approximate surface area is 121 Å². The minimum absolute atomic E-state index is 0.323. The van der Waals surface area contributed by atoms with Crippen LogP contribution in [0.2, 0.25) is 10.0 Å². The number of hydrogen-bond donors (Lipinski definition) is 1. The van der Waals surface area contributed by atoms with Gasteiger partial charge in [-0.05, 0) is 25.6 Å². The number of nitrogens with zero attached hydrogens (tertiary/aromatic N) is 1. The summed E-state index contributed by atoms with van der Waals surface area (Å²) >= 11 is 13.6. The summed E-state index contributed by atoms with van der Waals surface area (Å²) in [6, 6.07) is 5.91. The quantitative estimate of drug-likeness (QED) is 0.878. The largest absolute Gasteiger partial charge is 0.310 e. The van der Waals surface area contributed by atoms with Crippen LogP contribution in [-0.2, 0) is 0 Å². The standard InChI is InChI=1S/C13H14Cl2N2S/c1-3-16-8(2)12-7-17-13(18-12)9-4-5-10(14)11(15)6-9/h4-8,16H,3H2,1-2H3. The van der Waals surface area contributed by atoms with Crippen LogP contribution in [0.1, 0.15) is 24.8 Å². The minimum Gasteiger partial charge on any atom is -0.310 e. The lowest BCUT2D eigenvalue weighted by molar-refractivity contribution is 0.606. The van der Waals surface area contributed by atoms with Crippen molar-refractivity contribution in [1.82, 2.24) is 10.3 Å². The second-order valence-corrected chi connectivity index (χ2v) is 5.85. The molecule has 0 fully saturated rings. The first-order valence-corrected chi connectivity index (χ1v) is 7.33. The first-order chi connectivity index (χ1) is 8.61. The molecule has 0 aliphatic carbocycles. The van der Waals surface area contributed by atoms with Crippen molar-refractivity contribution in [2.24, 2.45) is 0 Å². The molecule has 0 bridgehead atoms. The lowest BCUT2D eigenvalue weighted by Gasteiger charge is -2.08. The highest BCUT2D eigenvalue weighted by molar-refractivity contribution is 7.15. The number of nitrogens with one attached hydrogen (secondary N) is 1. The topological polar surface area (TPSA) is 24.9 Å². The maximum Gasteiger partial charge on any atom is 0.123 e. The maximum absolute atomic E-state index is 6.02. The Bertz CT molecular complexity index is 540. The Balaban J connectivity index is 2.26. The van der Waals surface area contributed by atoms with Crippen molar-refractivity contribution >= 4 is 34.5 Å². The van der Waals surface area contributed by atoms with Crippen LogP contribution in [0.25, 0.3) is 10.6 Å². The third-order valence-electron chi connectivity index (χ3n) is 2.63. The van der Waals surface area contributed by atoms with Crippen molar-refractivity contribution in [2.75, 3.05) is 6.54 Å². The normalized spacial score (nSPS) is 12.7. The Kier molecular flexibility index (Phi) is 4.62. The number of rotatable bonds is 4. The van der Waals surface area contributed by atoms with Gasteiger partial charge in [0.05, 0.1) is 10.0 Å². The van der Waals surface area contributed by atoms with Gasteiger partial charge in [-0.1, -0.05) is 36.2 Å². The molecule has 0 aliphatic rings. The van der Waals surface area contributed by atoms with Crippen LogP contribution in [0.5, 0.6) is 0 Å². The molecule has 0 saturated heterocycles. The van der Waals surface area contributed by atoms with E-state index >= 15 is 0 Å². The zero-order valence-corrected chi connectivity index (χ0v) is 12.5. The van der Waals surface area contributed by atoms with Gasteiger partial charge in [-0.3, -0.25) is 0 Å². The number of hydrogen-bond acceptors (Lipinski definition) is 3. The molecule has 2 nitrogen and oxygen atoms in total. The van der Waals surface area contributed by atoms with Crippen molar-refractivity contribution < 1.29 is 0 Å². The molecule has 1 N–H and O–H groups in total. The van der Waals surface area contributed by atoms with Gasteiger partial charge in [-0.2, -0.15) is 0 Å². The van der Waals surface area contributed by atoms with Gasteiger partial charge in [-0.15, -0.1) is 11.3 Å². The van der Waals surface area contributed by atoms with E-state index in [1.807, 2.05) is 18.3 Å². The molecule has 5 heteroatoms. The van der Waals surface area contributed by atoms with Crippen molar-refractivity contribution in [3.8, 4) is 10.6 Å². The smallest absolute Gasteiger partial charge is 0.123 e. The summed E-state index contributed by atoms with van der Waals surface area (Å²) in [5, 5.41) is 5.46. The molecule has 2 aromatic rings. The fraction of sp³-hybridized carbons (Fsp3) is 0.308. The molecule has 0 spiro atoms. The summed E-state index contributed by atoms with van der Waals surface area (Å²) in [4.78, 5) is 5.66. The fourth-order valence-electron chi connectivity index (χ4n) is 1.66. The SMILES string of the molecule is CCNC(C)c1cnc(-c2ccc(Cl)c(Cl)c2)s1. The van der Waals surface area contributed by atoms with Gasteiger partial charge in [0.2, 0.25) is 0 Å². The van der Waals surface area contributed by atoms with Gasteiger partial charge >= 0.3 is 0 Å². The highest BCUT2D eigenvalue weighted by Crippen LogP contribution is 2.32. The highest BCUT2D eigenvalue weighted by atomic mass is 35.5. The van der Waals surface area contributed by atoms with Crippen LogP contribution in [0, 0.1) is 0 Å². The van der Waals surface area contributed by atoms with Gasteiger partial charge in [0.1, 0.15) is 5.01 Å². The highest BCUT2D eigenvalue weighted by Gasteiger charge is 2.10. The van der Waals surface area contributed by atoms with Crippen LogP contribution in [0.4, 0.5) is 0 Å². The molecule has 1 unspecified atom stereocenters. The van der Waals surface area contributed by atoms with E-state index in [1.54, 1.807) is 17.4 Å². The second-order valence-electron chi connectivity index (χ2n) is 3.98. The van der Waals surface area contributed by atoms with Crippen molar-refractivity contribution in [2.45, 2.75) is 19.9 Å². The molecular formula is C13H14Cl2N2S. The number of halogens is 2. The van der Waals surface area contributed by atoms with Crippen molar-refractivity contribution in [1.29, 1.82) is 0 Å². The van der Waals surface area contributed by atoms with E-state index in [-0.39, 0.29) is 0 Å². The Morgan fingerprint density at radius 2 is 2.11 bits per heavy atom. The molecule has 1 aromatic heterocycles. The molecule has 0 saturated carbocycles. The number of benzene rings is 1. The summed E-state index contributed by atoms with van der Waals surface area (Å²) in [7, 11) is 0. The van der Waals surface area contributed by atoms with E-state index in [0.29, 0.717) is 16.1 Å². The fourth-order valence-corrected chi connectivity index (χ4v) is 2.89. The number of aromatic nitrogens is 1. The molecule has 0 aliphatic heterocycles. The number of thiazole rings is 1. The second kappa shape index (κ2) is 6.02. The first kappa shape index (κ1) is 13.8. The molecule has 2 rings (SSSR count). The summed E-state index contributed by atoms with van der Waals surface area (Å²) in [6.45, 7) is 5.17. The van der Waals surface area contributed by atoms with E-state index in [2.05, 4.69) is 24.1 Å². The van der Waals surface area contributed by atoms with Crippen molar-refractivity contribution in [3.05, 3.63) is 39.3 Å². The van der Waals surface area contributed by atoms with Gasteiger partial charge in [-0.25, -0.2) is 4.98 Å². The third kappa shape index (κ3) is 3.04. The Hall–Kier alpha value is -0.610. The van der Waals surface area contributed by atoms with Crippen LogP contribution >= 0.6 is 34.5 Å². The predicted molar refractivity (Wildman–Crippen MR) is 79.7 cm³/mol.